The SMILES string of the molecule is CCCCCCCCCCCCCC(=O)N[C@@H](C)C(=O)O.[K]. The summed E-state index contributed by atoms with van der Waals surface area (Å²) in [4.78, 5) is 22.0. The summed E-state index contributed by atoms with van der Waals surface area (Å²) in [5, 5.41) is 11.2. The van der Waals surface area contributed by atoms with Crippen molar-refractivity contribution in [2.75, 3.05) is 0 Å². The van der Waals surface area contributed by atoms with Gasteiger partial charge in [0.05, 0.1) is 0 Å². The van der Waals surface area contributed by atoms with Gasteiger partial charge in [-0.3, -0.25) is 9.59 Å². The molecule has 22 heavy (non-hydrogen) atoms. The summed E-state index contributed by atoms with van der Waals surface area (Å²) in [5.74, 6) is -1.14. The molecule has 0 aliphatic rings. The molecule has 0 aliphatic carbocycles. The molecule has 0 fully saturated rings. The predicted molar refractivity (Wildman–Crippen MR) is 92.1 cm³/mol. The van der Waals surface area contributed by atoms with Crippen molar-refractivity contribution in [1.29, 1.82) is 0 Å². The minimum absolute atomic E-state index is 0. The molecular formula is C17H33KNO3. The summed E-state index contributed by atoms with van der Waals surface area (Å²) >= 11 is 0. The molecule has 0 unspecified atom stereocenters. The predicted octanol–water partition coefficient (Wildman–Crippen LogP) is 3.90. The third-order valence-corrected chi connectivity index (χ3v) is 3.76. The first-order chi connectivity index (χ1) is 10.1. The summed E-state index contributed by atoms with van der Waals surface area (Å²) in [6, 6.07) is -0.787. The maximum absolute atomic E-state index is 11.4. The molecule has 0 saturated heterocycles. The van der Waals surface area contributed by atoms with Crippen molar-refractivity contribution in [2.24, 2.45) is 0 Å². The Morgan fingerprint density at radius 2 is 1.27 bits per heavy atom. The quantitative estimate of drug-likeness (QED) is 0.373. The van der Waals surface area contributed by atoms with E-state index < -0.39 is 12.0 Å². The number of carbonyl (C=O) groups excluding carboxylic acids is 1. The molecule has 2 N–H and O–H groups in total. The molecule has 0 heterocycles. The summed E-state index contributed by atoms with van der Waals surface area (Å²) in [6.45, 7) is 3.73. The van der Waals surface area contributed by atoms with E-state index >= 15 is 0 Å². The number of rotatable bonds is 14. The number of hydrogen-bond acceptors (Lipinski definition) is 2. The Labute approximate surface area is 178 Å². The Balaban J connectivity index is 0. The molecule has 0 saturated carbocycles. The largest absolute Gasteiger partial charge is 0.480 e. The normalized spacial score (nSPS) is 11.5. The van der Waals surface area contributed by atoms with Gasteiger partial charge >= 0.3 is 5.97 Å². The number of carbonyl (C=O) groups is 2. The standard InChI is InChI=1S/C17H33NO3.K/c1-3-4-5-6-7-8-9-10-11-12-13-14-16(19)18-15(2)17(20)21;/h15H,3-14H2,1-2H3,(H,18,19)(H,20,21);/t15-;/m0./s1. The van der Waals surface area contributed by atoms with E-state index in [2.05, 4.69) is 12.2 Å². The van der Waals surface area contributed by atoms with Gasteiger partial charge in [-0.05, 0) is 13.3 Å². The monoisotopic (exact) mass is 338 g/mol. The van der Waals surface area contributed by atoms with Crippen LogP contribution in [-0.4, -0.2) is 74.4 Å². The van der Waals surface area contributed by atoms with Gasteiger partial charge in [0, 0.05) is 57.8 Å². The maximum Gasteiger partial charge on any atom is 0.325 e. The Bertz CT molecular complexity index is 285. The summed E-state index contributed by atoms with van der Waals surface area (Å²) in [6.07, 6.45) is 14.2. The minimum Gasteiger partial charge on any atom is -0.480 e. The second-order valence-electron chi connectivity index (χ2n) is 5.91. The van der Waals surface area contributed by atoms with E-state index in [-0.39, 0.29) is 57.3 Å². The zero-order valence-electron chi connectivity index (χ0n) is 14.8. The Morgan fingerprint density at radius 1 is 0.864 bits per heavy atom. The molecule has 0 aliphatic heterocycles. The molecule has 5 heteroatoms. The van der Waals surface area contributed by atoms with Gasteiger partial charge in [-0.25, -0.2) is 0 Å². The molecule has 0 aromatic rings. The van der Waals surface area contributed by atoms with Crippen molar-refractivity contribution in [1.82, 2.24) is 5.32 Å². The van der Waals surface area contributed by atoms with E-state index in [0.717, 1.165) is 12.8 Å². The average molecular weight is 339 g/mol. The molecule has 0 aromatic carbocycles. The Kier molecular flexibility index (Phi) is 20.2. The number of hydrogen-bond donors (Lipinski definition) is 2. The summed E-state index contributed by atoms with van der Waals surface area (Å²) in [5.41, 5.74) is 0. The molecule has 0 bridgehead atoms. The van der Waals surface area contributed by atoms with E-state index in [1.165, 1.54) is 64.7 Å². The molecule has 0 spiro atoms. The molecule has 0 aromatic heterocycles. The van der Waals surface area contributed by atoms with E-state index in [1.807, 2.05) is 0 Å². The fourth-order valence-electron chi connectivity index (χ4n) is 2.33. The smallest absolute Gasteiger partial charge is 0.325 e. The minimum atomic E-state index is -0.984. The van der Waals surface area contributed by atoms with Crippen molar-refractivity contribution in [3.8, 4) is 0 Å². The van der Waals surface area contributed by atoms with Gasteiger partial charge < -0.3 is 10.4 Å². The molecule has 4 nitrogen and oxygen atoms in total. The third-order valence-electron chi connectivity index (χ3n) is 3.76. The summed E-state index contributed by atoms with van der Waals surface area (Å²) in [7, 11) is 0. The zero-order chi connectivity index (χ0) is 15.9. The molecule has 1 atom stereocenters. The Morgan fingerprint density at radius 3 is 1.68 bits per heavy atom. The van der Waals surface area contributed by atoms with Gasteiger partial charge in [0.1, 0.15) is 6.04 Å². The van der Waals surface area contributed by atoms with E-state index in [1.54, 1.807) is 0 Å². The van der Waals surface area contributed by atoms with Crippen LogP contribution in [0.5, 0.6) is 0 Å². The van der Waals surface area contributed by atoms with Crippen LogP contribution in [0.2, 0.25) is 0 Å². The van der Waals surface area contributed by atoms with Gasteiger partial charge in [0.2, 0.25) is 5.91 Å². The fourth-order valence-corrected chi connectivity index (χ4v) is 2.33. The zero-order valence-corrected chi connectivity index (χ0v) is 17.9. The molecule has 125 valence electrons. The van der Waals surface area contributed by atoms with Crippen LogP contribution in [0.4, 0.5) is 0 Å². The van der Waals surface area contributed by atoms with Crippen LogP contribution in [0.3, 0.4) is 0 Å². The molecule has 1 radical (unpaired) electrons. The van der Waals surface area contributed by atoms with Crippen LogP contribution in [0.25, 0.3) is 0 Å². The third kappa shape index (κ3) is 16.9. The van der Waals surface area contributed by atoms with Crippen molar-refractivity contribution < 1.29 is 14.7 Å². The second-order valence-corrected chi connectivity index (χ2v) is 5.91. The van der Waals surface area contributed by atoms with E-state index in [9.17, 15) is 9.59 Å². The molecule has 0 rings (SSSR count). The van der Waals surface area contributed by atoms with Gasteiger partial charge in [0.25, 0.3) is 0 Å². The van der Waals surface area contributed by atoms with Crippen molar-refractivity contribution in [3.63, 3.8) is 0 Å². The first-order valence-corrected chi connectivity index (χ1v) is 8.60. The van der Waals surface area contributed by atoms with Crippen LogP contribution in [-0.2, 0) is 9.59 Å². The van der Waals surface area contributed by atoms with Crippen LogP contribution in [0.1, 0.15) is 90.9 Å². The first-order valence-electron chi connectivity index (χ1n) is 8.60. The van der Waals surface area contributed by atoms with Gasteiger partial charge in [-0.2, -0.15) is 0 Å². The fraction of sp³-hybridized carbons (Fsp3) is 0.882. The van der Waals surface area contributed by atoms with Gasteiger partial charge in [-0.1, -0.05) is 71.1 Å². The second kappa shape index (κ2) is 17.9. The number of amides is 1. The number of carboxylic acids is 1. The van der Waals surface area contributed by atoms with Crippen molar-refractivity contribution >= 4 is 63.3 Å². The Hall–Kier alpha value is 0.576. The van der Waals surface area contributed by atoms with Crippen LogP contribution < -0.4 is 5.32 Å². The van der Waals surface area contributed by atoms with Gasteiger partial charge in [-0.15, -0.1) is 0 Å². The van der Waals surface area contributed by atoms with Crippen molar-refractivity contribution in [3.05, 3.63) is 0 Å². The topological polar surface area (TPSA) is 66.4 Å². The van der Waals surface area contributed by atoms with Gasteiger partial charge in [0.15, 0.2) is 0 Å². The molecular weight excluding hydrogens is 305 g/mol. The number of nitrogens with one attached hydrogen (secondary N) is 1. The van der Waals surface area contributed by atoms with E-state index in [4.69, 9.17) is 5.11 Å². The van der Waals surface area contributed by atoms with E-state index in [0.29, 0.717) is 6.42 Å². The maximum atomic E-state index is 11.4. The van der Waals surface area contributed by atoms with Crippen molar-refractivity contribution in [2.45, 2.75) is 96.9 Å². The summed E-state index contributed by atoms with van der Waals surface area (Å²) < 4.78 is 0. The molecule has 1 amide bonds. The number of carboxylic acid groups (broad SMARTS) is 1. The van der Waals surface area contributed by atoms with Crippen LogP contribution >= 0.6 is 0 Å². The average Bonchev–Trinajstić information content (AvgIpc) is 2.44. The first kappa shape index (κ1) is 24.8. The number of aliphatic carboxylic acids is 1. The van der Waals surface area contributed by atoms with Crippen LogP contribution in [0, 0.1) is 0 Å². The van der Waals surface area contributed by atoms with Crippen LogP contribution in [0.15, 0.2) is 0 Å². The number of unbranched alkanes of at least 4 members (excludes halogenated alkanes) is 10.